The zero-order chi connectivity index (χ0) is 13.9. The van der Waals surface area contributed by atoms with E-state index in [9.17, 15) is 4.79 Å². The molecule has 1 aliphatic carbocycles. The minimum atomic E-state index is -0.238. The van der Waals surface area contributed by atoms with Gasteiger partial charge in [0.1, 0.15) is 0 Å². The molecule has 0 spiro atoms. The van der Waals surface area contributed by atoms with Gasteiger partial charge in [-0.3, -0.25) is 4.79 Å². The van der Waals surface area contributed by atoms with Gasteiger partial charge in [0.2, 0.25) is 0 Å². The van der Waals surface area contributed by atoms with Gasteiger partial charge < -0.3 is 11.1 Å². The van der Waals surface area contributed by atoms with E-state index >= 15 is 0 Å². The lowest BCUT2D eigenvalue weighted by molar-refractivity contribution is 0.0937. The average Bonchev–Trinajstić information content (AvgIpc) is 2.40. The van der Waals surface area contributed by atoms with Crippen LogP contribution < -0.4 is 11.1 Å². The third-order valence-corrected chi connectivity index (χ3v) is 4.80. The van der Waals surface area contributed by atoms with Crippen molar-refractivity contribution < 1.29 is 4.79 Å². The predicted molar refractivity (Wildman–Crippen MR) is 93.8 cm³/mol. The maximum atomic E-state index is 12.2. The van der Waals surface area contributed by atoms with Crippen molar-refractivity contribution in [2.24, 2.45) is 5.73 Å². The van der Waals surface area contributed by atoms with Gasteiger partial charge in [-0.25, -0.2) is 0 Å². The summed E-state index contributed by atoms with van der Waals surface area (Å²) in [6.45, 7) is 0.536. The highest BCUT2D eigenvalue weighted by atomic mass is 127. The van der Waals surface area contributed by atoms with Crippen molar-refractivity contribution >= 4 is 52.5 Å². The van der Waals surface area contributed by atoms with Gasteiger partial charge in [0, 0.05) is 20.7 Å². The number of hydrogen-bond donors (Lipinski definition) is 2. The number of carbonyl (C=O) groups is 1. The molecule has 2 rings (SSSR count). The van der Waals surface area contributed by atoms with Crippen molar-refractivity contribution in [3.05, 3.63) is 32.4 Å². The molecule has 1 aromatic carbocycles. The van der Waals surface area contributed by atoms with Crippen molar-refractivity contribution in [2.45, 2.75) is 37.6 Å². The van der Waals surface area contributed by atoms with Gasteiger partial charge >= 0.3 is 0 Å². The second-order valence-electron chi connectivity index (χ2n) is 5.23. The van der Waals surface area contributed by atoms with Crippen LogP contribution in [0, 0.1) is 3.57 Å². The first-order chi connectivity index (χ1) is 9.00. The zero-order valence-corrected chi connectivity index (χ0v) is 14.9. The molecule has 1 fully saturated rings. The summed E-state index contributed by atoms with van der Waals surface area (Å²) in [5.74, 6) is -0.0951. The van der Waals surface area contributed by atoms with Crippen molar-refractivity contribution in [3.63, 3.8) is 0 Å². The molecule has 0 heterocycles. The summed E-state index contributed by atoms with van der Waals surface area (Å²) < 4.78 is 0.897. The Morgan fingerprint density at radius 2 is 2.00 bits per heavy atom. The molecule has 1 aliphatic rings. The van der Waals surface area contributed by atoms with E-state index in [1.54, 1.807) is 12.1 Å². The summed E-state index contributed by atoms with van der Waals surface area (Å²) in [5, 5.41) is 3.52. The highest BCUT2D eigenvalue weighted by Crippen LogP contribution is 2.25. The molecule has 0 aliphatic heterocycles. The van der Waals surface area contributed by atoms with Gasteiger partial charge in [0.15, 0.2) is 0 Å². The van der Waals surface area contributed by atoms with Crippen LogP contribution in [0.2, 0.25) is 5.02 Å². The summed E-state index contributed by atoms with van der Waals surface area (Å²) in [6, 6.07) is 5.32. The van der Waals surface area contributed by atoms with Crippen molar-refractivity contribution in [1.29, 1.82) is 0 Å². The van der Waals surface area contributed by atoms with E-state index in [4.69, 9.17) is 17.3 Å². The van der Waals surface area contributed by atoms with Crippen LogP contribution in [0.15, 0.2) is 18.2 Å². The smallest absolute Gasteiger partial charge is 0.252 e. The topological polar surface area (TPSA) is 55.1 Å². The third kappa shape index (κ3) is 4.76. The number of nitrogens with two attached hydrogens (primary N) is 1. The molecule has 0 unspecified atom stereocenters. The SMILES string of the molecule is Cl.NC1(CNC(=O)c2cc(Cl)ccc2I)CCCCC1. The van der Waals surface area contributed by atoms with E-state index in [1.165, 1.54) is 6.42 Å². The molecule has 0 aromatic heterocycles. The Morgan fingerprint density at radius 3 is 2.65 bits per heavy atom. The number of halogens is 3. The fraction of sp³-hybridized carbons (Fsp3) is 0.500. The first-order valence-corrected chi connectivity index (χ1v) is 7.98. The van der Waals surface area contributed by atoms with Gasteiger partial charge in [-0.2, -0.15) is 0 Å². The van der Waals surface area contributed by atoms with Crippen LogP contribution >= 0.6 is 46.6 Å². The normalized spacial score (nSPS) is 17.1. The lowest BCUT2D eigenvalue weighted by atomic mass is 9.82. The fourth-order valence-electron chi connectivity index (χ4n) is 2.46. The third-order valence-electron chi connectivity index (χ3n) is 3.62. The van der Waals surface area contributed by atoms with Crippen LogP contribution in [0.1, 0.15) is 42.5 Å². The van der Waals surface area contributed by atoms with E-state index in [2.05, 4.69) is 27.9 Å². The van der Waals surface area contributed by atoms with Crippen LogP contribution in [0.3, 0.4) is 0 Å². The number of rotatable bonds is 3. The summed E-state index contributed by atoms with van der Waals surface area (Å²) in [4.78, 5) is 12.2. The van der Waals surface area contributed by atoms with E-state index in [1.807, 2.05) is 6.07 Å². The molecular weight excluding hydrogens is 410 g/mol. The molecule has 0 atom stereocenters. The Bertz CT molecular complexity index is 476. The Morgan fingerprint density at radius 1 is 1.35 bits per heavy atom. The van der Waals surface area contributed by atoms with E-state index in [0.29, 0.717) is 17.1 Å². The van der Waals surface area contributed by atoms with Gasteiger partial charge in [0.05, 0.1) is 5.56 Å². The van der Waals surface area contributed by atoms with Gasteiger partial charge in [-0.1, -0.05) is 30.9 Å². The summed E-state index contributed by atoms with van der Waals surface area (Å²) in [7, 11) is 0. The number of carbonyl (C=O) groups excluding carboxylic acids is 1. The van der Waals surface area contributed by atoms with Crippen molar-refractivity contribution in [1.82, 2.24) is 5.32 Å². The van der Waals surface area contributed by atoms with Crippen LogP contribution in [0.4, 0.5) is 0 Å². The van der Waals surface area contributed by atoms with Crippen molar-refractivity contribution in [3.8, 4) is 0 Å². The molecule has 0 bridgehead atoms. The van der Waals surface area contributed by atoms with Crippen LogP contribution in [-0.4, -0.2) is 18.0 Å². The summed E-state index contributed by atoms with van der Waals surface area (Å²) in [6.07, 6.45) is 5.53. The Labute approximate surface area is 144 Å². The standard InChI is InChI=1S/C14H18ClIN2O.ClH/c15-10-4-5-12(16)11(8-10)13(19)18-9-14(17)6-2-1-3-7-14;/h4-5,8H,1-3,6-7,9,17H2,(H,18,19);1H. The minimum absolute atomic E-state index is 0. The maximum Gasteiger partial charge on any atom is 0.252 e. The molecule has 6 heteroatoms. The monoisotopic (exact) mass is 428 g/mol. The molecule has 3 nitrogen and oxygen atoms in total. The molecule has 1 amide bonds. The Hall–Kier alpha value is -0.0400. The fourth-order valence-corrected chi connectivity index (χ4v) is 3.21. The first kappa shape index (κ1) is 18.0. The average molecular weight is 429 g/mol. The first-order valence-electron chi connectivity index (χ1n) is 6.52. The van der Waals surface area contributed by atoms with E-state index < -0.39 is 0 Å². The van der Waals surface area contributed by atoms with Crippen molar-refractivity contribution in [2.75, 3.05) is 6.54 Å². The van der Waals surface area contributed by atoms with E-state index in [-0.39, 0.29) is 23.9 Å². The molecule has 0 saturated heterocycles. The number of hydrogen-bond acceptors (Lipinski definition) is 2. The van der Waals surface area contributed by atoms with Crippen LogP contribution in [0.5, 0.6) is 0 Å². The van der Waals surface area contributed by atoms with Crippen LogP contribution in [0.25, 0.3) is 0 Å². The summed E-state index contributed by atoms with van der Waals surface area (Å²) in [5.41, 5.74) is 6.69. The Kier molecular flexibility index (Phi) is 7.04. The second-order valence-corrected chi connectivity index (χ2v) is 6.83. The molecule has 3 N–H and O–H groups in total. The zero-order valence-electron chi connectivity index (χ0n) is 11.1. The summed E-state index contributed by atoms with van der Waals surface area (Å²) >= 11 is 8.07. The molecule has 1 aromatic rings. The minimum Gasteiger partial charge on any atom is -0.350 e. The second kappa shape index (κ2) is 7.82. The van der Waals surface area contributed by atoms with Crippen LogP contribution in [-0.2, 0) is 0 Å². The number of benzene rings is 1. The number of amides is 1. The quantitative estimate of drug-likeness (QED) is 0.720. The molecule has 0 radical (unpaired) electrons. The van der Waals surface area contributed by atoms with Gasteiger partial charge in [-0.05, 0) is 53.6 Å². The van der Waals surface area contributed by atoms with Gasteiger partial charge in [-0.15, -0.1) is 12.4 Å². The molecule has 112 valence electrons. The predicted octanol–water partition coefficient (Wildman–Crippen LogP) is 3.76. The number of nitrogens with one attached hydrogen (secondary N) is 1. The largest absolute Gasteiger partial charge is 0.350 e. The Balaban J connectivity index is 0.00000200. The lowest BCUT2D eigenvalue weighted by Crippen LogP contribution is -2.51. The van der Waals surface area contributed by atoms with Gasteiger partial charge in [0.25, 0.3) is 5.91 Å². The molecule has 1 saturated carbocycles. The maximum absolute atomic E-state index is 12.2. The van der Waals surface area contributed by atoms with E-state index in [0.717, 1.165) is 29.3 Å². The lowest BCUT2D eigenvalue weighted by Gasteiger charge is -2.33. The molecular formula is C14H19Cl2IN2O. The molecule has 20 heavy (non-hydrogen) atoms. The highest BCUT2D eigenvalue weighted by Gasteiger charge is 2.28. The highest BCUT2D eigenvalue weighted by molar-refractivity contribution is 14.1.